The molecular weight excluding hydrogens is 370 g/mol. The lowest BCUT2D eigenvalue weighted by molar-refractivity contribution is 0.581. The van der Waals surface area contributed by atoms with Crippen molar-refractivity contribution in [3.63, 3.8) is 0 Å². The predicted molar refractivity (Wildman–Crippen MR) is 113 cm³/mol. The van der Waals surface area contributed by atoms with Crippen LogP contribution in [-0.4, -0.2) is 33.6 Å². The van der Waals surface area contributed by atoms with Crippen LogP contribution in [0.1, 0.15) is 12.0 Å². The molecule has 0 spiro atoms. The molecule has 0 amide bonds. The summed E-state index contributed by atoms with van der Waals surface area (Å²) in [6, 6.07) is 19.9. The van der Waals surface area contributed by atoms with E-state index >= 15 is 0 Å². The molecule has 28 heavy (non-hydrogen) atoms. The predicted octanol–water partition coefficient (Wildman–Crippen LogP) is 3.50. The normalized spacial score (nSPS) is 21.4. The minimum absolute atomic E-state index is 0.272. The van der Waals surface area contributed by atoms with Crippen LogP contribution >= 0.6 is 0 Å². The van der Waals surface area contributed by atoms with E-state index in [-0.39, 0.29) is 4.90 Å². The number of nitrogens with zero attached hydrogens (tertiary/aromatic N) is 1. The van der Waals surface area contributed by atoms with Gasteiger partial charge in [0.15, 0.2) is 0 Å². The molecule has 6 heteroatoms. The molecule has 2 aliphatic heterocycles. The van der Waals surface area contributed by atoms with Crippen molar-refractivity contribution in [1.82, 2.24) is 5.32 Å². The van der Waals surface area contributed by atoms with Crippen LogP contribution in [0.15, 0.2) is 65.6 Å². The molecule has 3 aromatic carbocycles. The van der Waals surface area contributed by atoms with E-state index in [9.17, 15) is 8.42 Å². The Bertz CT molecular complexity index is 1140. The van der Waals surface area contributed by atoms with Gasteiger partial charge in [0.2, 0.25) is 0 Å². The number of piperazine rings is 1. The Labute approximate surface area is 165 Å². The van der Waals surface area contributed by atoms with Crippen LogP contribution in [0.4, 0.5) is 11.4 Å². The van der Waals surface area contributed by atoms with Gasteiger partial charge in [-0.25, -0.2) is 8.42 Å². The highest BCUT2D eigenvalue weighted by Gasteiger charge is 2.38. The van der Waals surface area contributed by atoms with Crippen molar-refractivity contribution >= 4 is 32.2 Å². The van der Waals surface area contributed by atoms with Crippen molar-refractivity contribution in [2.24, 2.45) is 0 Å². The van der Waals surface area contributed by atoms with Gasteiger partial charge >= 0.3 is 0 Å². The standard InChI is InChI=1S/C22H23N3O2S/c1-15-6-8-18(9-7-15)28(26,27)24-21-10-11-22(20-5-3-2-4-19(20)21)25-14-16-12-17(25)13-23-16/h2-11,16-17,23-24H,12-14H2,1H3. The summed E-state index contributed by atoms with van der Waals surface area (Å²) in [4.78, 5) is 2.73. The Morgan fingerprint density at radius 1 is 1.00 bits per heavy atom. The number of fused-ring (bicyclic) bond motifs is 3. The Hall–Kier alpha value is -2.57. The maximum atomic E-state index is 12.9. The number of nitrogens with one attached hydrogen (secondary N) is 2. The third-order valence-corrected chi connectivity index (χ3v) is 7.22. The van der Waals surface area contributed by atoms with Crippen LogP contribution in [0.2, 0.25) is 0 Å². The van der Waals surface area contributed by atoms with E-state index in [1.165, 1.54) is 12.1 Å². The molecule has 3 aromatic rings. The number of anilines is 2. The molecule has 5 rings (SSSR count). The summed E-state index contributed by atoms with van der Waals surface area (Å²) in [6.45, 7) is 3.96. The molecule has 2 heterocycles. The first kappa shape index (κ1) is 17.5. The lowest BCUT2D eigenvalue weighted by atomic mass is 10.1. The van der Waals surface area contributed by atoms with E-state index in [2.05, 4.69) is 27.1 Å². The molecule has 0 aliphatic carbocycles. The van der Waals surface area contributed by atoms with Crippen LogP contribution in [-0.2, 0) is 10.0 Å². The molecule has 2 bridgehead atoms. The molecule has 2 aliphatic rings. The minimum Gasteiger partial charge on any atom is -0.365 e. The number of rotatable bonds is 4. The Balaban J connectivity index is 1.54. The number of hydrogen-bond donors (Lipinski definition) is 2. The molecule has 2 N–H and O–H groups in total. The number of aryl methyl sites for hydroxylation is 1. The molecule has 2 unspecified atom stereocenters. The molecule has 0 aromatic heterocycles. The van der Waals surface area contributed by atoms with E-state index in [1.54, 1.807) is 12.1 Å². The van der Waals surface area contributed by atoms with Crippen LogP contribution in [0.25, 0.3) is 10.8 Å². The van der Waals surface area contributed by atoms with Gasteiger partial charge in [0.25, 0.3) is 10.0 Å². The summed E-state index contributed by atoms with van der Waals surface area (Å²) < 4.78 is 28.5. The van der Waals surface area contributed by atoms with E-state index in [0.717, 1.165) is 29.4 Å². The molecule has 2 saturated heterocycles. The van der Waals surface area contributed by atoms with Gasteiger partial charge < -0.3 is 10.2 Å². The zero-order chi connectivity index (χ0) is 19.3. The first-order valence-corrected chi connectivity index (χ1v) is 11.1. The topological polar surface area (TPSA) is 61.4 Å². The second-order valence-electron chi connectivity index (χ2n) is 7.74. The van der Waals surface area contributed by atoms with Crippen molar-refractivity contribution in [3.8, 4) is 0 Å². The van der Waals surface area contributed by atoms with E-state index in [0.29, 0.717) is 17.8 Å². The van der Waals surface area contributed by atoms with Gasteiger partial charge in [-0.1, -0.05) is 42.0 Å². The van der Waals surface area contributed by atoms with Gasteiger partial charge in [0, 0.05) is 41.6 Å². The van der Waals surface area contributed by atoms with Crippen LogP contribution < -0.4 is 14.9 Å². The molecule has 2 atom stereocenters. The number of sulfonamides is 1. The van der Waals surface area contributed by atoms with Crippen LogP contribution in [0, 0.1) is 6.92 Å². The van der Waals surface area contributed by atoms with Crippen molar-refractivity contribution < 1.29 is 8.42 Å². The maximum absolute atomic E-state index is 12.9. The first-order chi connectivity index (χ1) is 13.5. The fourth-order valence-corrected chi connectivity index (χ4v) is 5.48. The van der Waals surface area contributed by atoms with Gasteiger partial charge in [-0.15, -0.1) is 0 Å². The largest absolute Gasteiger partial charge is 0.365 e. The third kappa shape index (κ3) is 2.93. The third-order valence-electron chi connectivity index (χ3n) is 5.84. The summed E-state index contributed by atoms with van der Waals surface area (Å²) in [5, 5.41) is 5.54. The molecule has 0 saturated carbocycles. The SMILES string of the molecule is Cc1ccc(S(=O)(=O)Nc2ccc(N3CC4CC3CN4)c3ccccc23)cc1. The van der Waals surface area contributed by atoms with Gasteiger partial charge in [0.05, 0.1) is 10.6 Å². The van der Waals surface area contributed by atoms with Crippen molar-refractivity contribution in [2.45, 2.75) is 30.3 Å². The number of benzene rings is 3. The second kappa shape index (κ2) is 6.50. The minimum atomic E-state index is -3.64. The Morgan fingerprint density at radius 2 is 1.75 bits per heavy atom. The second-order valence-corrected chi connectivity index (χ2v) is 9.43. The lowest BCUT2D eigenvalue weighted by Crippen LogP contribution is -2.43. The molecule has 0 radical (unpaired) electrons. The van der Waals surface area contributed by atoms with E-state index < -0.39 is 10.0 Å². The molecular formula is C22H23N3O2S. The lowest BCUT2D eigenvalue weighted by Gasteiger charge is -2.31. The Kier molecular flexibility index (Phi) is 4.07. The van der Waals surface area contributed by atoms with Crippen molar-refractivity contribution in [3.05, 3.63) is 66.2 Å². The average molecular weight is 394 g/mol. The highest BCUT2D eigenvalue weighted by molar-refractivity contribution is 7.92. The zero-order valence-corrected chi connectivity index (χ0v) is 16.5. The monoisotopic (exact) mass is 393 g/mol. The van der Waals surface area contributed by atoms with Crippen molar-refractivity contribution in [2.75, 3.05) is 22.7 Å². The summed E-state index contributed by atoms with van der Waals surface area (Å²) in [5.74, 6) is 0. The van der Waals surface area contributed by atoms with Gasteiger partial charge in [-0.2, -0.15) is 0 Å². The first-order valence-electron chi connectivity index (χ1n) is 9.62. The zero-order valence-electron chi connectivity index (χ0n) is 15.7. The summed E-state index contributed by atoms with van der Waals surface area (Å²) in [6.07, 6.45) is 1.18. The highest BCUT2D eigenvalue weighted by Crippen LogP contribution is 2.37. The molecule has 5 nitrogen and oxygen atoms in total. The van der Waals surface area contributed by atoms with Crippen LogP contribution in [0.5, 0.6) is 0 Å². The van der Waals surface area contributed by atoms with E-state index in [1.807, 2.05) is 43.3 Å². The van der Waals surface area contributed by atoms with Gasteiger partial charge in [0.1, 0.15) is 0 Å². The average Bonchev–Trinajstić information content (AvgIpc) is 3.32. The fourth-order valence-electron chi connectivity index (χ4n) is 4.40. The highest BCUT2D eigenvalue weighted by atomic mass is 32.2. The Morgan fingerprint density at radius 3 is 2.43 bits per heavy atom. The quantitative estimate of drug-likeness (QED) is 0.712. The van der Waals surface area contributed by atoms with Gasteiger partial charge in [-0.05, 0) is 37.6 Å². The number of hydrogen-bond acceptors (Lipinski definition) is 4. The van der Waals surface area contributed by atoms with E-state index in [4.69, 9.17) is 0 Å². The molecule has 2 fully saturated rings. The van der Waals surface area contributed by atoms with Crippen LogP contribution in [0.3, 0.4) is 0 Å². The van der Waals surface area contributed by atoms with Gasteiger partial charge in [-0.3, -0.25) is 4.72 Å². The smallest absolute Gasteiger partial charge is 0.261 e. The summed E-state index contributed by atoms with van der Waals surface area (Å²) in [7, 11) is -3.64. The van der Waals surface area contributed by atoms with Crippen molar-refractivity contribution in [1.29, 1.82) is 0 Å². The summed E-state index contributed by atoms with van der Waals surface area (Å²) in [5.41, 5.74) is 2.83. The summed E-state index contributed by atoms with van der Waals surface area (Å²) >= 11 is 0. The molecule has 144 valence electrons. The maximum Gasteiger partial charge on any atom is 0.261 e. The fraction of sp³-hybridized carbons (Fsp3) is 0.273.